The van der Waals surface area contributed by atoms with E-state index >= 15 is 0 Å². The van der Waals surface area contributed by atoms with Crippen LogP contribution in [0.2, 0.25) is 0 Å². The Bertz CT molecular complexity index is 993. The van der Waals surface area contributed by atoms with Crippen molar-refractivity contribution in [2.45, 2.75) is 0 Å². The Morgan fingerprint density at radius 2 is 2.00 bits per heavy atom. The molecule has 0 spiro atoms. The molecule has 3 aromatic heterocycles. The van der Waals surface area contributed by atoms with Crippen molar-refractivity contribution in [3.63, 3.8) is 0 Å². The van der Waals surface area contributed by atoms with Gasteiger partial charge in [-0.2, -0.15) is 9.67 Å². The molecule has 124 valence electrons. The molecule has 1 aromatic carbocycles. The maximum atomic E-state index is 6.15. The van der Waals surface area contributed by atoms with Gasteiger partial charge in [-0.05, 0) is 36.4 Å². The minimum absolute atomic E-state index is 0.191. The van der Waals surface area contributed by atoms with Crippen molar-refractivity contribution >= 4 is 5.82 Å². The molecule has 0 bridgehead atoms. The molecule has 0 fully saturated rings. The Kier molecular flexibility index (Phi) is 3.58. The van der Waals surface area contributed by atoms with E-state index < -0.39 is 0 Å². The highest BCUT2D eigenvalue weighted by molar-refractivity contribution is 5.66. The Morgan fingerprint density at radius 1 is 1.16 bits per heavy atom. The number of hydrogen-bond acceptors (Lipinski definition) is 8. The molecule has 0 unspecified atom stereocenters. The zero-order valence-electron chi connectivity index (χ0n) is 13.2. The summed E-state index contributed by atoms with van der Waals surface area (Å²) in [7, 11) is 1.60. The van der Waals surface area contributed by atoms with Crippen LogP contribution in [0.4, 0.5) is 5.82 Å². The highest BCUT2D eigenvalue weighted by atomic mass is 16.5. The van der Waals surface area contributed by atoms with Crippen LogP contribution in [0.5, 0.6) is 5.75 Å². The minimum atomic E-state index is 0.191. The number of nitrogen functional groups attached to an aromatic ring is 1. The van der Waals surface area contributed by atoms with E-state index in [0.29, 0.717) is 17.3 Å². The molecule has 0 aliphatic rings. The topological polar surface area (TPSA) is 118 Å². The van der Waals surface area contributed by atoms with Gasteiger partial charge in [0.05, 0.1) is 12.8 Å². The van der Waals surface area contributed by atoms with Crippen molar-refractivity contribution < 1.29 is 9.26 Å². The van der Waals surface area contributed by atoms with E-state index in [1.807, 2.05) is 30.3 Å². The van der Waals surface area contributed by atoms with Crippen LogP contribution in [0.25, 0.3) is 28.7 Å². The fourth-order valence-corrected chi connectivity index (χ4v) is 2.29. The van der Waals surface area contributed by atoms with E-state index in [-0.39, 0.29) is 5.89 Å². The van der Waals surface area contributed by atoms with Gasteiger partial charge in [-0.25, -0.2) is 0 Å². The smallest absolute Gasteiger partial charge is 0.282 e. The third kappa shape index (κ3) is 2.67. The molecule has 0 aliphatic carbocycles. The molecule has 0 radical (unpaired) electrons. The molecule has 25 heavy (non-hydrogen) atoms. The van der Waals surface area contributed by atoms with Crippen LogP contribution in [-0.2, 0) is 0 Å². The van der Waals surface area contributed by atoms with Gasteiger partial charge < -0.3 is 15.0 Å². The average molecular weight is 335 g/mol. The fraction of sp³-hybridized carbons (Fsp3) is 0.0625. The van der Waals surface area contributed by atoms with Crippen molar-refractivity contribution in [1.29, 1.82) is 0 Å². The Hall–Kier alpha value is -3.75. The Morgan fingerprint density at radius 3 is 2.72 bits per heavy atom. The van der Waals surface area contributed by atoms with Crippen LogP contribution in [0, 0.1) is 0 Å². The standard InChI is InChI=1S/C16H13N7O2/c1-24-12-6-4-11(5-7-12)23-14(17)13(20-22-23)16-19-15(21-25-16)10-3-2-8-18-9-10/h2-9H,17H2,1H3. The lowest BCUT2D eigenvalue weighted by Gasteiger charge is -2.04. The van der Waals surface area contributed by atoms with Crippen LogP contribution in [-0.4, -0.2) is 37.2 Å². The SMILES string of the molecule is COc1ccc(-n2nnc(-c3nc(-c4cccnc4)no3)c2N)cc1. The largest absolute Gasteiger partial charge is 0.497 e. The van der Waals surface area contributed by atoms with Gasteiger partial charge in [0.15, 0.2) is 11.5 Å². The second-order valence-electron chi connectivity index (χ2n) is 5.10. The summed E-state index contributed by atoms with van der Waals surface area (Å²) in [6.45, 7) is 0. The van der Waals surface area contributed by atoms with E-state index in [1.54, 1.807) is 25.6 Å². The van der Waals surface area contributed by atoms with E-state index in [2.05, 4.69) is 25.4 Å². The molecule has 2 N–H and O–H groups in total. The molecular formula is C16H13N7O2. The molecule has 4 aromatic rings. The third-order valence-electron chi connectivity index (χ3n) is 3.57. The molecule has 0 saturated carbocycles. The molecule has 0 saturated heterocycles. The predicted molar refractivity (Wildman–Crippen MR) is 88.8 cm³/mol. The van der Waals surface area contributed by atoms with Gasteiger partial charge in [0.1, 0.15) is 5.75 Å². The first-order valence-corrected chi connectivity index (χ1v) is 7.36. The van der Waals surface area contributed by atoms with Crippen LogP contribution in [0.15, 0.2) is 53.3 Å². The number of nitrogens with two attached hydrogens (primary N) is 1. The van der Waals surface area contributed by atoms with E-state index in [0.717, 1.165) is 17.0 Å². The maximum absolute atomic E-state index is 6.15. The number of methoxy groups -OCH3 is 1. The van der Waals surface area contributed by atoms with Gasteiger partial charge in [-0.3, -0.25) is 4.98 Å². The zero-order chi connectivity index (χ0) is 17.2. The van der Waals surface area contributed by atoms with Gasteiger partial charge in [-0.15, -0.1) is 5.10 Å². The molecule has 0 atom stereocenters. The molecule has 3 heterocycles. The summed E-state index contributed by atoms with van der Waals surface area (Å²) >= 11 is 0. The number of pyridine rings is 1. The van der Waals surface area contributed by atoms with Crippen LogP contribution >= 0.6 is 0 Å². The fourth-order valence-electron chi connectivity index (χ4n) is 2.29. The number of aromatic nitrogens is 6. The summed E-state index contributed by atoms with van der Waals surface area (Å²) in [4.78, 5) is 8.34. The third-order valence-corrected chi connectivity index (χ3v) is 3.57. The molecule has 9 heteroatoms. The van der Waals surface area contributed by atoms with Crippen molar-refractivity contribution in [3.8, 4) is 34.4 Å². The highest BCUT2D eigenvalue weighted by Gasteiger charge is 2.19. The summed E-state index contributed by atoms with van der Waals surface area (Å²) < 4.78 is 11.9. The second-order valence-corrected chi connectivity index (χ2v) is 5.10. The number of benzene rings is 1. The van der Waals surface area contributed by atoms with E-state index in [1.165, 1.54) is 4.68 Å². The van der Waals surface area contributed by atoms with E-state index in [9.17, 15) is 0 Å². The van der Waals surface area contributed by atoms with Crippen LogP contribution < -0.4 is 10.5 Å². The first-order chi connectivity index (χ1) is 12.3. The molecule has 9 nitrogen and oxygen atoms in total. The monoisotopic (exact) mass is 335 g/mol. The molecular weight excluding hydrogens is 322 g/mol. The van der Waals surface area contributed by atoms with Gasteiger partial charge in [0, 0.05) is 18.0 Å². The predicted octanol–water partition coefficient (Wildman–Crippen LogP) is 1.97. The summed E-state index contributed by atoms with van der Waals surface area (Å²) in [6.07, 6.45) is 3.31. The maximum Gasteiger partial charge on any atom is 0.282 e. The van der Waals surface area contributed by atoms with Crippen molar-refractivity contribution in [2.24, 2.45) is 0 Å². The number of rotatable bonds is 4. The molecule has 0 amide bonds. The lowest BCUT2D eigenvalue weighted by atomic mass is 10.3. The summed E-state index contributed by atoms with van der Waals surface area (Å²) in [5, 5.41) is 12.1. The lowest BCUT2D eigenvalue weighted by Crippen LogP contribution is -2.02. The number of ether oxygens (including phenoxy) is 1. The quantitative estimate of drug-likeness (QED) is 0.601. The van der Waals surface area contributed by atoms with Crippen LogP contribution in [0.3, 0.4) is 0 Å². The number of nitrogens with zero attached hydrogens (tertiary/aromatic N) is 6. The Balaban J connectivity index is 1.68. The summed E-state index contributed by atoms with van der Waals surface area (Å²) in [5.41, 5.74) is 7.95. The van der Waals surface area contributed by atoms with Gasteiger partial charge in [0.2, 0.25) is 5.82 Å². The first-order valence-electron chi connectivity index (χ1n) is 7.36. The van der Waals surface area contributed by atoms with E-state index in [4.69, 9.17) is 15.0 Å². The number of hydrogen-bond donors (Lipinski definition) is 1. The summed E-state index contributed by atoms with van der Waals surface area (Å²) in [6, 6.07) is 10.9. The lowest BCUT2D eigenvalue weighted by molar-refractivity contribution is 0.414. The highest BCUT2D eigenvalue weighted by Crippen LogP contribution is 2.26. The average Bonchev–Trinajstić information content (AvgIpc) is 3.29. The second kappa shape index (κ2) is 6.04. The minimum Gasteiger partial charge on any atom is -0.497 e. The van der Waals surface area contributed by atoms with Crippen LogP contribution in [0.1, 0.15) is 0 Å². The normalized spacial score (nSPS) is 10.8. The first kappa shape index (κ1) is 14.8. The van der Waals surface area contributed by atoms with Crippen molar-refractivity contribution in [1.82, 2.24) is 30.1 Å². The summed E-state index contributed by atoms with van der Waals surface area (Å²) in [5.74, 6) is 1.63. The number of anilines is 1. The zero-order valence-corrected chi connectivity index (χ0v) is 13.2. The van der Waals surface area contributed by atoms with Crippen molar-refractivity contribution in [3.05, 3.63) is 48.8 Å². The van der Waals surface area contributed by atoms with Gasteiger partial charge in [0.25, 0.3) is 5.89 Å². The van der Waals surface area contributed by atoms with Gasteiger partial charge in [-0.1, -0.05) is 10.4 Å². The molecule has 0 aliphatic heterocycles. The van der Waals surface area contributed by atoms with Gasteiger partial charge >= 0.3 is 0 Å². The Labute approximate surface area is 142 Å². The molecule has 4 rings (SSSR count). The van der Waals surface area contributed by atoms with Crippen molar-refractivity contribution in [2.75, 3.05) is 12.8 Å².